The number of rotatable bonds is 5. The smallest absolute Gasteiger partial charge is 0.197 e. The summed E-state index contributed by atoms with van der Waals surface area (Å²) in [6.45, 7) is 15.1. The van der Waals surface area contributed by atoms with Gasteiger partial charge in [0.1, 0.15) is 0 Å². The second-order valence-corrected chi connectivity index (χ2v) is 7.42. The number of allylic oxidation sites excluding steroid dienone is 2. The van der Waals surface area contributed by atoms with Crippen LogP contribution in [0.5, 0.6) is 0 Å². The zero-order valence-electron chi connectivity index (χ0n) is 11.6. The topological polar surface area (TPSA) is 17.1 Å². The van der Waals surface area contributed by atoms with E-state index in [-0.39, 0.29) is 20.0 Å². The summed E-state index contributed by atoms with van der Waals surface area (Å²) < 4.78 is 0.245. The summed E-state index contributed by atoms with van der Waals surface area (Å²) in [7, 11) is 0. The molecule has 0 N–H and O–H groups in total. The van der Waals surface area contributed by atoms with E-state index in [1.165, 1.54) is 0 Å². The molecule has 2 heteroatoms. The Bertz CT molecular complexity index is 285. The van der Waals surface area contributed by atoms with Gasteiger partial charge in [0.15, 0.2) is 3.79 Å². The molecule has 0 heterocycles. The van der Waals surface area contributed by atoms with Crippen molar-refractivity contribution in [2.75, 3.05) is 0 Å². The molecule has 0 aromatic carbocycles. The standard InChI is InChI=1S/C14H25IO/c1-8-9-13(4,5)14(6,7)10-12(2,3)11(15)16/h8-9H,10H2,1-7H3/b9-8-. The van der Waals surface area contributed by atoms with Crippen molar-refractivity contribution < 1.29 is 4.79 Å². The van der Waals surface area contributed by atoms with Gasteiger partial charge in [-0.1, -0.05) is 53.7 Å². The normalized spacial score (nSPS) is 14.5. The highest BCUT2D eigenvalue weighted by Crippen LogP contribution is 2.48. The van der Waals surface area contributed by atoms with Crippen LogP contribution >= 0.6 is 22.6 Å². The minimum atomic E-state index is -0.247. The van der Waals surface area contributed by atoms with Crippen LogP contribution in [0.25, 0.3) is 0 Å². The van der Waals surface area contributed by atoms with Gasteiger partial charge in [-0.15, -0.1) is 0 Å². The predicted octanol–water partition coefficient (Wildman–Crippen LogP) is 4.99. The highest BCUT2D eigenvalue weighted by molar-refractivity contribution is 14.1. The Hall–Kier alpha value is 0.140. The molecule has 94 valence electrons. The van der Waals surface area contributed by atoms with Gasteiger partial charge in [0.2, 0.25) is 0 Å². The van der Waals surface area contributed by atoms with E-state index in [1.54, 1.807) is 0 Å². The quantitative estimate of drug-likeness (QED) is 0.393. The van der Waals surface area contributed by atoms with E-state index in [2.05, 4.69) is 39.8 Å². The van der Waals surface area contributed by atoms with E-state index >= 15 is 0 Å². The van der Waals surface area contributed by atoms with Gasteiger partial charge in [-0.05, 0) is 24.2 Å². The molecule has 0 saturated heterocycles. The highest BCUT2D eigenvalue weighted by Gasteiger charge is 2.41. The predicted molar refractivity (Wildman–Crippen MR) is 79.8 cm³/mol. The Morgan fingerprint density at radius 2 is 1.56 bits per heavy atom. The van der Waals surface area contributed by atoms with Crippen LogP contribution in [0, 0.1) is 16.2 Å². The third-order valence-electron chi connectivity index (χ3n) is 3.74. The number of carbonyl (C=O) groups excluding carboxylic acids is 1. The minimum absolute atomic E-state index is 0.101. The maximum absolute atomic E-state index is 11.6. The monoisotopic (exact) mass is 336 g/mol. The lowest BCUT2D eigenvalue weighted by atomic mass is 9.61. The Morgan fingerprint density at radius 3 is 1.88 bits per heavy atom. The number of hydrogen-bond acceptors (Lipinski definition) is 1. The van der Waals surface area contributed by atoms with E-state index in [4.69, 9.17) is 0 Å². The lowest BCUT2D eigenvalue weighted by Crippen LogP contribution is -2.37. The van der Waals surface area contributed by atoms with E-state index in [9.17, 15) is 4.79 Å². The maximum atomic E-state index is 11.6. The summed E-state index contributed by atoms with van der Waals surface area (Å²) in [4.78, 5) is 11.6. The first-order chi connectivity index (χ1) is 6.96. The average molecular weight is 336 g/mol. The summed E-state index contributed by atoms with van der Waals surface area (Å²) in [5.74, 6) is 0. The van der Waals surface area contributed by atoms with E-state index < -0.39 is 0 Å². The number of carbonyl (C=O) groups is 1. The van der Waals surface area contributed by atoms with E-state index in [0.717, 1.165) is 6.42 Å². The SMILES string of the molecule is C/C=C\C(C)(C)C(C)(C)CC(C)(C)C(=O)I. The summed E-state index contributed by atoms with van der Waals surface area (Å²) in [5.41, 5.74) is -0.0438. The van der Waals surface area contributed by atoms with Gasteiger partial charge in [-0.3, -0.25) is 4.79 Å². The van der Waals surface area contributed by atoms with E-state index in [0.29, 0.717) is 0 Å². The van der Waals surface area contributed by atoms with Crippen LogP contribution < -0.4 is 0 Å². The Kier molecular flexibility index (Phi) is 5.24. The summed E-state index contributed by atoms with van der Waals surface area (Å²) in [6, 6.07) is 0. The molecule has 0 aliphatic rings. The molecule has 16 heavy (non-hydrogen) atoms. The molecule has 0 bridgehead atoms. The van der Waals surface area contributed by atoms with Crippen molar-refractivity contribution in [1.82, 2.24) is 0 Å². The van der Waals surface area contributed by atoms with Crippen LogP contribution in [0.4, 0.5) is 0 Å². The van der Waals surface area contributed by atoms with Crippen molar-refractivity contribution in [3.05, 3.63) is 12.2 Å². The molecular weight excluding hydrogens is 311 g/mol. The maximum Gasteiger partial charge on any atom is 0.197 e. The molecule has 0 saturated carbocycles. The van der Waals surface area contributed by atoms with Crippen molar-refractivity contribution in [1.29, 1.82) is 0 Å². The zero-order valence-corrected chi connectivity index (χ0v) is 13.8. The van der Waals surface area contributed by atoms with Crippen LogP contribution in [-0.2, 0) is 4.79 Å². The molecule has 0 unspecified atom stereocenters. The van der Waals surface area contributed by atoms with Crippen molar-refractivity contribution in [2.45, 2.75) is 54.9 Å². The fourth-order valence-corrected chi connectivity index (χ4v) is 2.24. The summed E-state index contributed by atoms with van der Waals surface area (Å²) in [5, 5.41) is 0. The fraction of sp³-hybridized carbons (Fsp3) is 0.786. The van der Waals surface area contributed by atoms with Crippen LogP contribution in [0.15, 0.2) is 12.2 Å². The number of halogens is 1. The van der Waals surface area contributed by atoms with Crippen LogP contribution in [0.3, 0.4) is 0 Å². The van der Waals surface area contributed by atoms with Crippen LogP contribution in [0.1, 0.15) is 54.9 Å². The summed E-state index contributed by atoms with van der Waals surface area (Å²) >= 11 is 1.92. The van der Waals surface area contributed by atoms with Gasteiger partial charge in [0.25, 0.3) is 0 Å². The van der Waals surface area contributed by atoms with Gasteiger partial charge in [-0.2, -0.15) is 0 Å². The lowest BCUT2D eigenvalue weighted by molar-refractivity contribution is -0.118. The second kappa shape index (κ2) is 5.19. The van der Waals surface area contributed by atoms with Gasteiger partial charge in [-0.25, -0.2) is 0 Å². The Morgan fingerprint density at radius 1 is 1.12 bits per heavy atom. The van der Waals surface area contributed by atoms with Crippen molar-refractivity contribution in [2.24, 2.45) is 16.2 Å². The third-order valence-corrected chi connectivity index (χ3v) is 5.20. The molecule has 0 aromatic heterocycles. The third kappa shape index (κ3) is 3.86. The molecular formula is C14H25IO. The molecule has 1 nitrogen and oxygen atoms in total. The minimum Gasteiger partial charge on any atom is -0.287 e. The molecule has 0 aliphatic heterocycles. The van der Waals surface area contributed by atoms with Crippen molar-refractivity contribution in [3.63, 3.8) is 0 Å². The fourth-order valence-electron chi connectivity index (χ4n) is 2.04. The largest absolute Gasteiger partial charge is 0.287 e. The molecule has 0 rings (SSSR count). The van der Waals surface area contributed by atoms with Crippen molar-refractivity contribution in [3.8, 4) is 0 Å². The molecule has 0 aromatic rings. The molecule has 0 atom stereocenters. The van der Waals surface area contributed by atoms with Gasteiger partial charge >= 0.3 is 0 Å². The summed E-state index contributed by atoms with van der Waals surface area (Å²) in [6.07, 6.45) is 5.24. The van der Waals surface area contributed by atoms with Crippen LogP contribution in [0.2, 0.25) is 0 Å². The Labute approximate surface area is 114 Å². The Balaban J connectivity index is 5.02. The average Bonchev–Trinajstić information content (AvgIpc) is 2.00. The van der Waals surface area contributed by atoms with E-state index in [1.807, 2.05) is 43.4 Å². The molecule has 0 radical (unpaired) electrons. The highest BCUT2D eigenvalue weighted by atomic mass is 127. The van der Waals surface area contributed by atoms with Gasteiger partial charge in [0, 0.05) is 28.0 Å². The second-order valence-electron chi connectivity index (χ2n) is 6.44. The van der Waals surface area contributed by atoms with Crippen LogP contribution in [-0.4, -0.2) is 3.79 Å². The van der Waals surface area contributed by atoms with Gasteiger partial charge in [0.05, 0.1) is 0 Å². The molecule has 0 spiro atoms. The zero-order chi connectivity index (χ0) is 13.2. The van der Waals surface area contributed by atoms with Crippen molar-refractivity contribution >= 4 is 26.4 Å². The first-order valence-electron chi connectivity index (χ1n) is 5.80. The van der Waals surface area contributed by atoms with Gasteiger partial charge < -0.3 is 0 Å². The molecule has 0 aliphatic carbocycles. The lowest BCUT2D eigenvalue weighted by Gasteiger charge is -2.43. The number of hydrogen-bond donors (Lipinski definition) is 0. The molecule has 0 amide bonds. The first kappa shape index (κ1) is 16.1. The first-order valence-corrected chi connectivity index (χ1v) is 6.88. The molecule has 0 fully saturated rings.